The summed E-state index contributed by atoms with van der Waals surface area (Å²) in [6, 6.07) is 18.7. The van der Waals surface area contributed by atoms with Gasteiger partial charge in [-0.25, -0.2) is 0 Å². The minimum Gasteiger partial charge on any atom is -0.342 e. The van der Waals surface area contributed by atoms with Crippen molar-refractivity contribution >= 4 is 29.3 Å². The van der Waals surface area contributed by atoms with Crippen LogP contribution in [0.5, 0.6) is 0 Å². The molecule has 0 radical (unpaired) electrons. The van der Waals surface area contributed by atoms with Crippen LogP contribution in [0.3, 0.4) is 0 Å². The van der Waals surface area contributed by atoms with Crippen molar-refractivity contribution in [2.75, 3.05) is 43.4 Å². The van der Waals surface area contributed by atoms with E-state index in [0.717, 1.165) is 63.3 Å². The fraction of sp³-hybridized carbons (Fsp3) is 0.500. The summed E-state index contributed by atoms with van der Waals surface area (Å²) in [4.78, 5) is 34.3. The molecular weight excluding hydrogens is 442 g/mol. The lowest BCUT2D eigenvalue weighted by molar-refractivity contribution is -0.137. The number of piperidine rings is 1. The Kier molecular flexibility index (Phi) is 7.55. The topological polar surface area (TPSA) is 43.9 Å². The zero-order chi connectivity index (χ0) is 23.3. The summed E-state index contributed by atoms with van der Waals surface area (Å²) >= 11 is 1.83. The molecule has 0 spiro atoms. The van der Waals surface area contributed by atoms with Crippen molar-refractivity contribution in [1.82, 2.24) is 9.80 Å². The molecule has 34 heavy (non-hydrogen) atoms. The highest BCUT2D eigenvalue weighted by atomic mass is 32.2. The van der Waals surface area contributed by atoms with Crippen LogP contribution in [0.4, 0.5) is 5.69 Å². The Hall–Kier alpha value is -2.31. The number of amides is 2. The smallest absolute Gasteiger partial charge is 0.241 e. The molecule has 3 aliphatic rings. The SMILES string of the molecule is O=C(C1CCN(CC(=O)N2c3ccccc3SC[C@H]2c2ccccc2)CC1)N1CCCCCC1. The first-order valence-electron chi connectivity index (χ1n) is 12.8. The number of likely N-dealkylation sites (tertiary alicyclic amines) is 2. The molecule has 2 saturated heterocycles. The van der Waals surface area contributed by atoms with Gasteiger partial charge in [0.1, 0.15) is 0 Å². The molecule has 2 aromatic carbocycles. The summed E-state index contributed by atoms with van der Waals surface area (Å²) in [6.07, 6.45) is 6.47. The predicted molar refractivity (Wildman–Crippen MR) is 138 cm³/mol. The van der Waals surface area contributed by atoms with Gasteiger partial charge in [0.2, 0.25) is 11.8 Å². The van der Waals surface area contributed by atoms with E-state index in [-0.39, 0.29) is 17.9 Å². The van der Waals surface area contributed by atoms with Crippen LogP contribution < -0.4 is 4.90 Å². The highest BCUT2D eigenvalue weighted by Crippen LogP contribution is 2.43. The van der Waals surface area contributed by atoms with E-state index < -0.39 is 0 Å². The first kappa shape index (κ1) is 23.4. The van der Waals surface area contributed by atoms with Gasteiger partial charge in [0.15, 0.2) is 0 Å². The maximum absolute atomic E-state index is 13.7. The van der Waals surface area contributed by atoms with Crippen LogP contribution in [-0.2, 0) is 9.59 Å². The second-order valence-corrected chi connectivity index (χ2v) is 10.8. The van der Waals surface area contributed by atoms with Gasteiger partial charge in [0.25, 0.3) is 0 Å². The molecule has 6 heteroatoms. The molecular formula is C28H35N3O2S. The quantitative estimate of drug-likeness (QED) is 0.623. The Balaban J connectivity index is 1.24. The third-order valence-corrected chi connectivity index (χ3v) is 8.64. The number of carbonyl (C=O) groups excluding carboxylic acids is 2. The largest absolute Gasteiger partial charge is 0.342 e. The molecule has 0 unspecified atom stereocenters. The first-order valence-corrected chi connectivity index (χ1v) is 13.8. The van der Waals surface area contributed by atoms with Crippen LogP contribution >= 0.6 is 11.8 Å². The molecule has 2 aromatic rings. The minimum absolute atomic E-state index is 0.0377. The molecule has 2 amide bonds. The van der Waals surface area contributed by atoms with Crippen molar-refractivity contribution in [2.45, 2.75) is 49.5 Å². The number of hydrogen-bond acceptors (Lipinski definition) is 4. The highest BCUT2D eigenvalue weighted by molar-refractivity contribution is 7.99. The van der Waals surface area contributed by atoms with E-state index in [1.54, 1.807) is 0 Å². The molecule has 5 nitrogen and oxygen atoms in total. The molecule has 0 aliphatic carbocycles. The number of hydrogen-bond donors (Lipinski definition) is 0. The number of rotatable bonds is 4. The average Bonchev–Trinajstić information content (AvgIpc) is 3.18. The van der Waals surface area contributed by atoms with Gasteiger partial charge in [-0.2, -0.15) is 0 Å². The number of fused-ring (bicyclic) bond motifs is 1. The third-order valence-electron chi connectivity index (χ3n) is 7.50. The molecule has 0 saturated carbocycles. The molecule has 180 valence electrons. The molecule has 0 aromatic heterocycles. The molecule has 3 aliphatic heterocycles. The molecule has 0 bridgehead atoms. The van der Waals surface area contributed by atoms with E-state index in [1.807, 2.05) is 34.9 Å². The van der Waals surface area contributed by atoms with Gasteiger partial charge in [0.05, 0.1) is 18.3 Å². The van der Waals surface area contributed by atoms with E-state index in [2.05, 4.69) is 46.2 Å². The lowest BCUT2D eigenvalue weighted by atomic mass is 9.95. The van der Waals surface area contributed by atoms with Crippen LogP contribution in [0.1, 0.15) is 50.1 Å². The van der Waals surface area contributed by atoms with Gasteiger partial charge in [-0.05, 0) is 56.5 Å². The number of nitrogens with zero attached hydrogens (tertiary/aromatic N) is 3. The Morgan fingerprint density at radius 2 is 1.50 bits per heavy atom. The van der Waals surface area contributed by atoms with Crippen molar-refractivity contribution < 1.29 is 9.59 Å². The van der Waals surface area contributed by atoms with E-state index in [1.165, 1.54) is 23.3 Å². The third kappa shape index (κ3) is 5.18. The lowest BCUT2D eigenvalue weighted by Crippen LogP contribution is -2.48. The van der Waals surface area contributed by atoms with E-state index in [0.29, 0.717) is 12.5 Å². The monoisotopic (exact) mass is 477 g/mol. The average molecular weight is 478 g/mol. The molecule has 2 fully saturated rings. The maximum Gasteiger partial charge on any atom is 0.241 e. The summed E-state index contributed by atoms with van der Waals surface area (Å²) in [5.41, 5.74) is 2.20. The number of carbonyl (C=O) groups is 2. The Morgan fingerprint density at radius 3 is 2.24 bits per heavy atom. The second-order valence-electron chi connectivity index (χ2n) is 9.76. The van der Waals surface area contributed by atoms with Gasteiger partial charge in [-0.3, -0.25) is 14.5 Å². The van der Waals surface area contributed by atoms with Crippen molar-refractivity contribution in [2.24, 2.45) is 5.92 Å². The van der Waals surface area contributed by atoms with Gasteiger partial charge in [0, 0.05) is 29.7 Å². The van der Waals surface area contributed by atoms with Crippen molar-refractivity contribution in [3.63, 3.8) is 0 Å². The van der Waals surface area contributed by atoms with E-state index in [9.17, 15) is 9.59 Å². The second kappa shape index (κ2) is 11.0. The standard InChI is InChI=1S/C28H35N3O2S/c32-27(20-29-18-14-23(15-19-29)28(33)30-16-8-1-2-9-17-30)31-24-12-6-7-13-26(24)34-21-25(31)22-10-4-3-5-11-22/h3-7,10-13,23,25H,1-2,8-9,14-21H2/t25-/m0/s1. The Labute approximate surface area is 207 Å². The summed E-state index contributed by atoms with van der Waals surface area (Å²) in [7, 11) is 0. The van der Waals surface area contributed by atoms with Crippen molar-refractivity contribution in [3.8, 4) is 0 Å². The van der Waals surface area contributed by atoms with Crippen LogP contribution in [-0.4, -0.2) is 60.1 Å². The number of thioether (sulfide) groups is 1. The zero-order valence-corrected chi connectivity index (χ0v) is 20.7. The molecule has 0 N–H and O–H groups in total. The highest BCUT2D eigenvalue weighted by Gasteiger charge is 2.35. The fourth-order valence-electron chi connectivity index (χ4n) is 5.57. The van der Waals surface area contributed by atoms with Crippen molar-refractivity contribution in [3.05, 3.63) is 60.2 Å². The van der Waals surface area contributed by atoms with Crippen LogP contribution in [0.15, 0.2) is 59.5 Å². The van der Waals surface area contributed by atoms with Crippen LogP contribution in [0.25, 0.3) is 0 Å². The molecule has 5 rings (SSSR count). The summed E-state index contributed by atoms with van der Waals surface area (Å²) in [5, 5.41) is 0. The number of anilines is 1. The first-order chi connectivity index (χ1) is 16.7. The summed E-state index contributed by atoms with van der Waals surface area (Å²) < 4.78 is 0. The van der Waals surface area contributed by atoms with Crippen LogP contribution in [0, 0.1) is 5.92 Å². The maximum atomic E-state index is 13.7. The Bertz CT molecular complexity index is 982. The normalized spacial score (nSPS) is 22.2. The van der Waals surface area contributed by atoms with Gasteiger partial charge in [-0.15, -0.1) is 11.8 Å². The molecule has 1 atom stereocenters. The fourth-order valence-corrected chi connectivity index (χ4v) is 6.74. The lowest BCUT2D eigenvalue weighted by Gasteiger charge is -2.39. The Morgan fingerprint density at radius 1 is 0.824 bits per heavy atom. The number of benzene rings is 2. The van der Waals surface area contributed by atoms with Gasteiger partial charge >= 0.3 is 0 Å². The van der Waals surface area contributed by atoms with Crippen molar-refractivity contribution in [1.29, 1.82) is 0 Å². The summed E-state index contributed by atoms with van der Waals surface area (Å²) in [6.45, 7) is 3.88. The van der Waals surface area contributed by atoms with Crippen LogP contribution in [0.2, 0.25) is 0 Å². The minimum atomic E-state index is 0.0377. The zero-order valence-electron chi connectivity index (χ0n) is 19.9. The van der Waals surface area contributed by atoms with E-state index in [4.69, 9.17) is 0 Å². The van der Waals surface area contributed by atoms with Gasteiger partial charge in [-0.1, -0.05) is 55.3 Å². The predicted octanol–water partition coefficient (Wildman–Crippen LogP) is 4.98. The number of para-hydroxylation sites is 1. The summed E-state index contributed by atoms with van der Waals surface area (Å²) in [5.74, 6) is 1.48. The van der Waals surface area contributed by atoms with Gasteiger partial charge < -0.3 is 9.80 Å². The molecule has 3 heterocycles. The van der Waals surface area contributed by atoms with E-state index >= 15 is 0 Å².